The van der Waals surface area contributed by atoms with Gasteiger partial charge >= 0.3 is 0 Å². The van der Waals surface area contributed by atoms with Gasteiger partial charge in [-0.1, -0.05) is 18.2 Å². The van der Waals surface area contributed by atoms with Gasteiger partial charge in [0.05, 0.1) is 17.4 Å². The number of fused-ring (bicyclic) bond motifs is 1. The van der Waals surface area contributed by atoms with Crippen molar-refractivity contribution in [2.75, 3.05) is 25.1 Å². The number of rotatable bonds is 3. The smallest absolute Gasteiger partial charge is 0.0964 e. The first kappa shape index (κ1) is 18.8. The van der Waals surface area contributed by atoms with Crippen molar-refractivity contribution in [1.82, 2.24) is 4.90 Å². The summed E-state index contributed by atoms with van der Waals surface area (Å²) < 4.78 is 0. The molecular formula is C24H25N3S2. The van der Waals surface area contributed by atoms with Crippen molar-refractivity contribution in [3.63, 3.8) is 0 Å². The maximum atomic E-state index is 5.23. The molecule has 5 heteroatoms. The number of piperidine rings is 1. The highest BCUT2D eigenvalue weighted by atomic mass is 32.1. The average Bonchev–Trinajstić information content (AvgIpc) is 3.41. The first-order valence-electron chi connectivity index (χ1n) is 10.0. The first-order valence-corrected chi connectivity index (χ1v) is 11.8. The number of aryl methyl sites for hydroxylation is 2. The molecule has 148 valence electrons. The summed E-state index contributed by atoms with van der Waals surface area (Å²) in [5, 5.41) is 12.0. The van der Waals surface area contributed by atoms with Crippen LogP contribution in [0.5, 0.6) is 0 Å². The van der Waals surface area contributed by atoms with Crippen molar-refractivity contribution in [2.45, 2.75) is 19.9 Å². The maximum Gasteiger partial charge on any atom is 0.0964 e. The molecule has 1 fully saturated rings. The average molecular weight is 420 g/mol. The van der Waals surface area contributed by atoms with Crippen LogP contribution < -0.4 is 5.01 Å². The molecule has 2 unspecified atom stereocenters. The first-order chi connectivity index (χ1) is 14.1. The zero-order chi connectivity index (χ0) is 20.0. The maximum absolute atomic E-state index is 5.23. The standard InChI is InChI=1S/C24H25N3S2/c1-16-9-20(28-14-16)11-18-12-26(3)13-21-23(18)25-27(19-7-5-4-6-8-19)24(21)22-10-17(2)15-29-22/h4-11,14-15,21,24H,12-13H2,1-3H3/b18-11+. The number of likely N-dealkylation sites (N-methyl/N-ethyl adjacent to an activating group) is 1. The highest BCUT2D eigenvalue weighted by Gasteiger charge is 2.43. The Kier molecular flexibility index (Phi) is 4.90. The number of para-hydroxylation sites is 1. The number of hydrogen-bond acceptors (Lipinski definition) is 5. The van der Waals surface area contributed by atoms with Gasteiger partial charge in [0.1, 0.15) is 0 Å². The zero-order valence-corrected chi connectivity index (χ0v) is 18.6. The summed E-state index contributed by atoms with van der Waals surface area (Å²) in [5.74, 6) is 0.374. The van der Waals surface area contributed by atoms with Crippen LogP contribution in [0.3, 0.4) is 0 Å². The highest BCUT2D eigenvalue weighted by Crippen LogP contribution is 2.44. The van der Waals surface area contributed by atoms with E-state index in [4.69, 9.17) is 5.10 Å². The molecule has 5 rings (SSSR count). The molecule has 0 radical (unpaired) electrons. The molecule has 0 aliphatic carbocycles. The second kappa shape index (κ2) is 7.56. The number of anilines is 1. The number of hydrazone groups is 1. The normalized spacial score (nSPS) is 23.5. The topological polar surface area (TPSA) is 18.8 Å². The molecule has 29 heavy (non-hydrogen) atoms. The molecule has 2 aliphatic heterocycles. The molecule has 1 aromatic carbocycles. The predicted molar refractivity (Wildman–Crippen MR) is 126 cm³/mol. The zero-order valence-electron chi connectivity index (χ0n) is 17.0. The largest absolute Gasteiger partial charge is 0.301 e. The molecule has 3 aromatic rings. The van der Waals surface area contributed by atoms with Gasteiger partial charge < -0.3 is 4.90 Å². The van der Waals surface area contributed by atoms with Crippen LogP contribution in [0.2, 0.25) is 0 Å². The molecular weight excluding hydrogens is 394 g/mol. The molecule has 2 aliphatic rings. The summed E-state index contributed by atoms with van der Waals surface area (Å²) in [5.41, 5.74) is 6.44. The van der Waals surface area contributed by atoms with Crippen molar-refractivity contribution >= 4 is 40.1 Å². The summed E-state index contributed by atoms with van der Waals surface area (Å²) in [7, 11) is 2.23. The summed E-state index contributed by atoms with van der Waals surface area (Å²) in [4.78, 5) is 5.16. The van der Waals surface area contributed by atoms with Gasteiger partial charge in [-0.15, -0.1) is 22.7 Å². The van der Waals surface area contributed by atoms with Crippen molar-refractivity contribution < 1.29 is 0 Å². The quantitative estimate of drug-likeness (QED) is 0.519. The van der Waals surface area contributed by atoms with Gasteiger partial charge in [0.15, 0.2) is 0 Å². The lowest BCUT2D eigenvalue weighted by Crippen LogP contribution is -2.41. The van der Waals surface area contributed by atoms with Crippen molar-refractivity contribution in [1.29, 1.82) is 0 Å². The fourth-order valence-electron chi connectivity index (χ4n) is 4.38. The number of nitrogens with zero attached hydrogens (tertiary/aromatic N) is 3. The Labute approximate surface area is 180 Å². The molecule has 2 aromatic heterocycles. The molecule has 4 heterocycles. The molecule has 3 nitrogen and oxygen atoms in total. The minimum Gasteiger partial charge on any atom is -0.301 e. The van der Waals surface area contributed by atoms with Crippen molar-refractivity contribution in [3.8, 4) is 0 Å². The molecule has 0 saturated carbocycles. The van der Waals surface area contributed by atoms with E-state index in [2.05, 4.69) is 90.1 Å². The van der Waals surface area contributed by atoms with Crippen LogP contribution in [0.15, 0.2) is 63.9 Å². The van der Waals surface area contributed by atoms with Gasteiger partial charge in [0.25, 0.3) is 0 Å². The monoisotopic (exact) mass is 419 g/mol. The number of hydrogen-bond donors (Lipinski definition) is 0. The summed E-state index contributed by atoms with van der Waals surface area (Å²) in [6.07, 6.45) is 2.35. The van der Waals surface area contributed by atoms with Gasteiger partial charge in [0.2, 0.25) is 0 Å². The van der Waals surface area contributed by atoms with E-state index in [0.717, 1.165) is 13.1 Å². The lowest BCUT2D eigenvalue weighted by molar-refractivity contribution is 0.304. The van der Waals surface area contributed by atoms with Crippen LogP contribution in [0.1, 0.15) is 26.9 Å². The number of thiophene rings is 2. The Morgan fingerprint density at radius 1 is 1.03 bits per heavy atom. The summed E-state index contributed by atoms with van der Waals surface area (Å²) in [6.45, 7) is 6.32. The third kappa shape index (κ3) is 3.59. The van der Waals surface area contributed by atoms with Gasteiger partial charge in [0, 0.05) is 28.8 Å². The number of likely N-dealkylation sites (tertiary alicyclic amines) is 1. The fourth-order valence-corrected chi connectivity index (χ4v) is 6.28. The Hall–Kier alpha value is -2.21. The Bertz CT molecular complexity index is 1080. The Morgan fingerprint density at radius 3 is 2.48 bits per heavy atom. The van der Waals surface area contributed by atoms with Crippen LogP contribution >= 0.6 is 22.7 Å². The molecule has 0 bridgehead atoms. The van der Waals surface area contributed by atoms with Crippen LogP contribution in [0, 0.1) is 19.8 Å². The molecule has 1 saturated heterocycles. The fraction of sp³-hybridized carbons (Fsp3) is 0.292. The van der Waals surface area contributed by atoms with E-state index in [1.165, 1.54) is 37.9 Å². The second-order valence-electron chi connectivity index (χ2n) is 8.14. The minimum absolute atomic E-state index is 0.252. The van der Waals surface area contributed by atoms with Gasteiger partial charge in [-0.2, -0.15) is 5.10 Å². The predicted octanol–water partition coefficient (Wildman–Crippen LogP) is 5.99. The van der Waals surface area contributed by atoms with Crippen LogP contribution in [-0.2, 0) is 0 Å². The van der Waals surface area contributed by atoms with Crippen LogP contribution in [-0.4, -0.2) is 30.7 Å². The van der Waals surface area contributed by atoms with E-state index in [1.54, 1.807) is 0 Å². The highest BCUT2D eigenvalue weighted by molar-refractivity contribution is 7.11. The summed E-state index contributed by atoms with van der Waals surface area (Å²) in [6, 6.07) is 15.5. The van der Waals surface area contributed by atoms with Crippen LogP contribution in [0.25, 0.3) is 6.08 Å². The van der Waals surface area contributed by atoms with E-state index < -0.39 is 0 Å². The lowest BCUT2D eigenvalue weighted by atomic mass is 9.85. The van der Waals surface area contributed by atoms with E-state index in [1.807, 2.05) is 22.7 Å². The van der Waals surface area contributed by atoms with E-state index >= 15 is 0 Å². The minimum atomic E-state index is 0.252. The van der Waals surface area contributed by atoms with Crippen molar-refractivity contribution in [2.24, 2.45) is 11.0 Å². The van der Waals surface area contributed by atoms with Gasteiger partial charge in [-0.3, -0.25) is 5.01 Å². The SMILES string of the molecule is Cc1csc(/C=C2\CN(C)CC3C2=NN(c2ccccc2)C3c2cc(C)cs2)c1. The van der Waals surface area contributed by atoms with E-state index in [-0.39, 0.29) is 6.04 Å². The molecule has 0 N–H and O–H groups in total. The van der Waals surface area contributed by atoms with Crippen LogP contribution in [0.4, 0.5) is 5.69 Å². The molecule has 0 amide bonds. The lowest BCUT2D eigenvalue weighted by Gasteiger charge is -2.34. The van der Waals surface area contributed by atoms with E-state index in [0.29, 0.717) is 5.92 Å². The number of benzene rings is 1. The third-order valence-corrected chi connectivity index (χ3v) is 7.74. The Balaban J connectivity index is 1.61. The second-order valence-corrected chi connectivity index (χ2v) is 10.0. The van der Waals surface area contributed by atoms with E-state index in [9.17, 15) is 0 Å². The molecule has 0 spiro atoms. The van der Waals surface area contributed by atoms with Crippen molar-refractivity contribution in [3.05, 3.63) is 79.7 Å². The van der Waals surface area contributed by atoms with Gasteiger partial charge in [-0.25, -0.2) is 0 Å². The molecule has 2 atom stereocenters. The van der Waals surface area contributed by atoms with Gasteiger partial charge in [-0.05, 0) is 78.7 Å². The Morgan fingerprint density at radius 2 is 1.79 bits per heavy atom. The third-order valence-electron chi connectivity index (χ3n) is 5.62. The summed E-state index contributed by atoms with van der Waals surface area (Å²) >= 11 is 3.67.